The van der Waals surface area contributed by atoms with Gasteiger partial charge in [0, 0.05) is 18.6 Å². The molecule has 2 atom stereocenters. The minimum absolute atomic E-state index is 0.0441. The van der Waals surface area contributed by atoms with Gasteiger partial charge in [0.05, 0.1) is 12.0 Å². The van der Waals surface area contributed by atoms with Gasteiger partial charge in [-0.1, -0.05) is 25.7 Å². The van der Waals surface area contributed by atoms with Crippen molar-refractivity contribution in [2.75, 3.05) is 13.1 Å². The average Bonchev–Trinajstić information content (AvgIpc) is 2.45. The van der Waals surface area contributed by atoms with E-state index in [1.807, 2.05) is 0 Å². The normalized spacial score (nSPS) is 30.4. The number of piperidine rings is 1. The molecule has 3 aliphatic rings. The molecule has 23 heavy (non-hydrogen) atoms. The van der Waals surface area contributed by atoms with E-state index in [4.69, 9.17) is 0 Å². The molecule has 0 bridgehead atoms. The Morgan fingerprint density at radius 1 is 1.17 bits per heavy atom. The highest BCUT2D eigenvalue weighted by atomic mass is 16.3. The molecule has 2 aliphatic carbocycles. The summed E-state index contributed by atoms with van der Waals surface area (Å²) < 4.78 is 0. The predicted molar refractivity (Wildman–Crippen MR) is 92.2 cm³/mol. The lowest BCUT2D eigenvalue weighted by Crippen LogP contribution is -2.51. The first-order valence-corrected chi connectivity index (χ1v) is 9.81. The van der Waals surface area contributed by atoms with Crippen molar-refractivity contribution in [1.29, 1.82) is 0 Å². The third-order valence-electron chi connectivity index (χ3n) is 6.45. The second kappa shape index (κ2) is 7.52. The van der Waals surface area contributed by atoms with Crippen molar-refractivity contribution in [3.8, 4) is 0 Å². The van der Waals surface area contributed by atoms with Gasteiger partial charge in [-0.3, -0.25) is 4.79 Å². The van der Waals surface area contributed by atoms with E-state index in [-0.39, 0.29) is 18.4 Å². The van der Waals surface area contributed by atoms with E-state index in [2.05, 4.69) is 17.1 Å². The highest BCUT2D eigenvalue weighted by Gasteiger charge is 2.34. The van der Waals surface area contributed by atoms with Gasteiger partial charge in [-0.2, -0.15) is 0 Å². The Hall–Kier alpha value is -0.610. The fraction of sp³-hybridized carbons (Fsp3) is 0.947. The van der Waals surface area contributed by atoms with Crippen LogP contribution in [0.1, 0.15) is 77.6 Å². The molecule has 0 spiro atoms. The minimum atomic E-state index is -0.743. The standard InChI is InChI=1S/C19H34N2O2/c1-15(16-7-6-12-21(14-16)17-8-5-9-17)20-18(22)13-19(23)10-3-2-4-11-19/h15-17,23H,2-14H2,1H3,(H,20,22). The molecule has 1 aliphatic heterocycles. The second-order valence-corrected chi connectivity index (χ2v) is 8.30. The molecule has 132 valence electrons. The Balaban J connectivity index is 1.45. The number of nitrogens with one attached hydrogen (secondary N) is 1. The number of hydrogen-bond acceptors (Lipinski definition) is 3. The third kappa shape index (κ3) is 4.48. The number of rotatable bonds is 5. The summed E-state index contributed by atoms with van der Waals surface area (Å²) in [7, 11) is 0. The number of nitrogens with zero attached hydrogens (tertiary/aromatic N) is 1. The maximum absolute atomic E-state index is 12.4. The summed E-state index contributed by atoms with van der Waals surface area (Å²) in [5, 5.41) is 13.7. The van der Waals surface area contributed by atoms with E-state index in [0.29, 0.717) is 5.92 Å². The fourth-order valence-electron chi connectivity index (χ4n) is 4.64. The van der Waals surface area contributed by atoms with Gasteiger partial charge >= 0.3 is 0 Å². The summed E-state index contributed by atoms with van der Waals surface area (Å²) in [6, 6.07) is 1.03. The van der Waals surface area contributed by atoms with Crippen LogP contribution in [0.25, 0.3) is 0 Å². The highest BCUT2D eigenvalue weighted by molar-refractivity contribution is 5.77. The molecule has 0 aromatic rings. The van der Waals surface area contributed by atoms with Gasteiger partial charge in [0.25, 0.3) is 0 Å². The number of aliphatic hydroxyl groups is 1. The molecule has 1 saturated heterocycles. The molecule has 2 unspecified atom stereocenters. The summed E-state index contributed by atoms with van der Waals surface area (Å²) in [6.07, 6.45) is 11.7. The van der Waals surface area contributed by atoms with Crippen molar-refractivity contribution in [2.24, 2.45) is 5.92 Å². The first kappa shape index (κ1) is 17.2. The molecular formula is C19H34N2O2. The van der Waals surface area contributed by atoms with Gasteiger partial charge in [0.15, 0.2) is 0 Å². The third-order valence-corrected chi connectivity index (χ3v) is 6.45. The molecule has 4 heteroatoms. The van der Waals surface area contributed by atoms with Crippen LogP contribution in [0.2, 0.25) is 0 Å². The van der Waals surface area contributed by atoms with Crippen molar-refractivity contribution >= 4 is 5.91 Å². The van der Waals surface area contributed by atoms with Gasteiger partial charge in [0.1, 0.15) is 0 Å². The van der Waals surface area contributed by atoms with Gasteiger partial charge in [-0.15, -0.1) is 0 Å². The molecule has 2 N–H and O–H groups in total. The zero-order valence-corrected chi connectivity index (χ0v) is 14.7. The van der Waals surface area contributed by atoms with Gasteiger partial charge in [-0.25, -0.2) is 0 Å². The Morgan fingerprint density at radius 2 is 1.91 bits per heavy atom. The maximum atomic E-state index is 12.4. The first-order chi connectivity index (χ1) is 11.1. The molecule has 0 aromatic carbocycles. The van der Waals surface area contributed by atoms with Crippen LogP contribution in [-0.4, -0.2) is 46.7 Å². The number of carbonyl (C=O) groups excluding carboxylic acids is 1. The summed E-state index contributed by atoms with van der Waals surface area (Å²) in [6.45, 7) is 4.52. The molecule has 2 saturated carbocycles. The molecule has 0 aromatic heterocycles. The van der Waals surface area contributed by atoms with Crippen LogP contribution >= 0.6 is 0 Å². The summed E-state index contributed by atoms with van der Waals surface area (Å²) in [4.78, 5) is 15.0. The van der Waals surface area contributed by atoms with Crippen molar-refractivity contribution in [3.05, 3.63) is 0 Å². The van der Waals surface area contributed by atoms with Gasteiger partial charge in [-0.05, 0) is 57.9 Å². The van der Waals surface area contributed by atoms with Crippen LogP contribution in [0.4, 0.5) is 0 Å². The van der Waals surface area contributed by atoms with Crippen molar-refractivity contribution in [1.82, 2.24) is 10.2 Å². The van der Waals surface area contributed by atoms with E-state index in [1.54, 1.807) is 0 Å². The Bertz CT molecular complexity index is 402. The van der Waals surface area contributed by atoms with Gasteiger partial charge in [0.2, 0.25) is 5.91 Å². The molecule has 3 rings (SSSR count). The SMILES string of the molecule is CC(NC(=O)CC1(O)CCCCC1)C1CCCN(C2CCC2)C1. The zero-order valence-electron chi connectivity index (χ0n) is 14.7. The van der Waals surface area contributed by atoms with Crippen molar-refractivity contribution in [3.63, 3.8) is 0 Å². The van der Waals surface area contributed by atoms with E-state index < -0.39 is 5.60 Å². The monoisotopic (exact) mass is 322 g/mol. The average molecular weight is 322 g/mol. The van der Waals surface area contributed by atoms with E-state index >= 15 is 0 Å². The van der Waals surface area contributed by atoms with Crippen LogP contribution in [0.5, 0.6) is 0 Å². The molecule has 0 radical (unpaired) electrons. The number of hydrogen-bond donors (Lipinski definition) is 2. The lowest BCUT2D eigenvalue weighted by Gasteiger charge is -2.44. The van der Waals surface area contributed by atoms with E-state index in [0.717, 1.165) is 38.3 Å². The molecular weight excluding hydrogens is 288 g/mol. The molecule has 1 amide bonds. The number of amides is 1. The van der Waals surface area contributed by atoms with Crippen LogP contribution in [0.15, 0.2) is 0 Å². The first-order valence-electron chi connectivity index (χ1n) is 9.81. The van der Waals surface area contributed by atoms with Crippen LogP contribution in [0, 0.1) is 5.92 Å². The Morgan fingerprint density at radius 3 is 2.57 bits per heavy atom. The van der Waals surface area contributed by atoms with Crippen LogP contribution < -0.4 is 5.32 Å². The molecule has 4 nitrogen and oxygen atoms in total. The zero-order chi connectivity index (χ0) is 16.3. The lowest BCUT2D eigenvalue weighted by molar-refractivity contribution is -0.128. The Labute approximate surface area is 141 Å². The molecule has 1 heterocycles. The fourth-order valence-corrected chi connectivity index (χ4v) is 4.64. The van der Waals surface area contributed by atoms with E-state index in [9.17, 15) is 9.90 Å². The van der Waals surface area contributed by atoms with Crippen molar-refractivity contribution in [2.45, 2.75) is 95.2 Å². The number of likely N-dealkylation sites (tertiary alicyclic amines) is 1. The largest absolute Gasteiger partial charge is 0.389 e. The summed E-state index contributed by atoms with van der Waals surface area (Å²) in [5.74, 6) is 0.608. The maximum Gasteiger partial charge on any atom is 0.223 e. The van der Waals surface area contributed by atoms with Crippen molar-refractivity contribution < 1.29 is 9.90 Å². The summed E-state index contributed by atoms with van der Waals surface area (Å²) in [5.41, 5.74) is -0.743. The Kier molecular flexibility index (Phi) is 5.63. The van der Waals surface area contributed by atoms with Crippen LogP contribution in [-0.2, 0) is 4.79 Å². The number of carbonyl (C=O) groups is 1. The summed E-state index contributed by atoms with van der Waals surface area (Å²) >= 11 is 0. The van der Waals surface area contributed by atoms with Crippen LogP contribution in [0.3, 0.4) is 0 Å². The topological polar surface area (TPSA) is 52.6 Å². The van der Waals surface area contributed by atoms with E-state index in [1.165, 1.54) is 45.1 Å². The second-order valence-electron chi connectivity index (χ2n) is 8.30. The minimum Gasteiger partial charge on any atom is -0.389 e. The quantitative estimate of drug-likeness (QED) is 0.818. The smallest absolute Gasteiger partial charge is 0.223 e. The molecule has 3 fully saturated rings. The predicted octanol–water partition coefficient (Wildman–Crippen LogP) is 2.84. The highest BCUT2D eigenvalue weighted by Crippen LogP contribution is 2.32. The lowest BCUT2D eigenvalue weighted by atomic mass is 9.82. The van der Waals surface area contributed by atoms with Gasteiger partial charge < -0.3 is 15.3 Å².